The maximum absolute atomic E-state index is 11.7. The zero-order valence-electron chi connectivity index (χ0n) is 8.84. The van der Waals surface area contributed by atoms with Crippen molar-refractivity contribution in [3.63, 3.8) is 0 Å². The van der Waals surface area contributed by atoms with Crippen LogP contribution in [0, 0.1) is 0 Å². The molecule has 3 amide bonds. The van der Waals surface area contributed by atoms with Gasteiger partial charge in [0.15, 0.2) is 0 Å². The molecule has 5 heteroatoms. The SMILES string of the molecule is CC1CC(=O)N(C(=O)Nc2ccccc2)S1. The zero-order valence-corrected chi connectivity index (χ0v) is 9.66. The molecule has 1 aromatic carbocycles. The van der Waals surface area contributed by atoms with E-state index in [4.69, 9.17) is 0 Å². The highest BCUT2D eigenvalue weighted by Gasteiger charge is 2.32. The molecular formula is C11H12N2O2S. The summed E-state index contributed by atoms with van der Waals surface area (Å²) in [6.45, 7) is 1.93. The van der Waals surface area contributed by atoms with E-state index < -0.39 is 0 Å². The molecular weight excluding hydrogens is 224 g/mol. The average molecular weight is 236 g/mol. The Labute approximate surface area is 98.1 Å². The van der Waals surface area contributed by atoms with Crippen LogP contribution in [0.2, 0.25) is 0 Å². The van der Waals surface area contributed by atoms with Crippen LogP contribution in [0.25, 0.3) is 0 Å². The number of urea groups is 1. The van der Waals surface area contributed by atoms with Gasteiger partial charge in [0.05, 0.1) is 0 Å². The van der Waals surface area contributed by atoms with Gasteiger partial charge in [0.1, 0.15) is 0 Å². The van der Waals surface area contributed by atoms with Gasteiger partial charge in [-0.3, -0.25) is 4.79 Å². The molecule has 84 valence electrons. The van der Waals surface area contributed by atoms with E-state index >= 15 is 0 Å². The van der Waals surface area contributed by atoms with Crippen LogP contribution in [0.4, 0.5) is 10.5 Å². The number of hydrogen-bond acceptors (Lipinski definition) is 3. The van der Waals surface area contributed by atoms with Crippen LogP contribution in [-0.4, -0.2) is 21.5 Å². The average Bonchev–Trinajstić information content (AvgIpc) is 2.59. The lowest BCUT2D eigenvalue weighted by Gasteiger charge is -2.13. The number of nitrogens with zero attached hydrogens (tertiary/aromatic N) is 1. The minimum absolute atomic E-state index is 0.133. The van der Waals surface area contributed by atoms with Crippen molar-refractivity contribution in [3.05, 3.63) is 30.3 Å². The highest BCUT2D eigenvalue weighted by Crippen LogP contribution is 2.29. The van der Waals surface area contributed by atoms with Gasteiger partial charge >= 0.3 is 6.03 Å². The van der Waals surface area contributed by atoms with Crippen LogP contribution < -0.4 is 5.32 Å². The predicted molar refractivity (Wildman–Crippen MR) is 64.0 cm³/mol. The molecule has 1 fully saturated rings. The number of rotatable bonds is 1. The van der Waals surface area contributed by atoms with Crippen LogP contribution in [-0.2, 0) is 4.79 Å². The van der Waals surface area contributed by atoms with Gasteiger partial charge in [0.25, 0.3) is 0 Å². The van der Waals surface area contributed by atoms with E-state index in [0.29, 0.717) is 12.1 Å². The lowest BCUT2D eigenvalue weighted by Crippen LogP contribution is -2.30. The summed E-state index contributed by atoms with van der Waals surface area (Å²) < 4.78 is 1.19. The van der Waals surface area contributed by atoms with Crippen LogP contribution in [0.1, 0.15) is 13.3 Å². The summed E-state index contributed by atoms with van der Waals surface area (Å²) in [5, 5.41) is 2.86. The topological polar surface area (TPSA) is 49.4 Å². The van der Waals surface area contributed by atoms with E-state index in [9.17, 15) is 9.59 Å². The van der Waals surface area contributed by atoms with Crippen molar-refractivity contribution in [1.82, 2.24) is 4.31 Å². The van der Waals surface area contributed by atoms with Crippen molar-refractivity contribution in [2.45, 2.75) is 18.6 Å². The molecule has 1 unspecified atom stereocenters. The van der Waals surface area contributed by atoms with E-state index in [1.165, 1.54) is 16.3 Å². The summed E-state index contributed by atoms with van der Waals surface area (Å²) in [6, 6.07) is 8.73. The molecule has 1 atom stereocenters. The minimum Gasteiger partial charge on any atom is -0.307 e. The number of nitrogens with one attached hydrogen (secondary N) is 1. The van der Waals surface area contributed by atoms with Crippen molar-refractivity contribution in [3.8, 4) is 0 Å². The fourth-order valence-electron chi connectivity index (χ4n) is 1.46. The summed E-state index contributed by atoms with van der Waals surface area (Å²) in [4.78, 5) is 23.2. The molecule has 0 aliphatic carbocycles. The van der Waals surface area contributed by atoms with Crippen molar-refractivity contribution < 1.29 is 9.59 Å². The van der Waals surface area contributed by atoms with Gasteiger partial charge in [0.2, 0.25) is 5.91 Å². The Morgan fingerprint density at radius 2 is 2.12 bits per heavy atom. The van der Waals surface area contributed by atoms with E-state index in [0.717, 1.165) is 0 Å². The maximum Gasteiger partial charge on any atom is 0.338 e. The standard InChI is InChI=1S/C11H12N2O2S/c1-8-7-10(14)13(16-8)11(15)12-9-5-3-2-4-6-9/h2-6,8H,7H2,1H3,(H,12,15). The number of amides is 3. The van der Waals surface area contributed by atoms with Gasteiger partial charge in [-0.2, -0.15) is 0 Å². The van der Waals surface area contributed by atoms with Gasteiger partial charge in [-0.15, -0.1) is 0 Å². The Bertz CT molecular complexity index is 408. The number of anilines is 1. The second kappa shape index (κ2) is 4.57. The first kappa shape index (κ1) is 11.0. The molecule has 1 saturated heterocycles. The molecule has 16 heavy (non-hydrogen) atoms. The first-order chi connectivity index (χ1) is 7.66. The molecule has 1 aliphatic rings. The summed E-state index contributed by atoms with van der Waals surface area (Å²) in [5.74, 6) is -0.133. The largest absolute Gasteiger partial charge is 0.338 e. The Hall–Kier alpha value is -1.49. The van der Waals surface area contributed by atoms with E-state index in [1.54, 1.807) is 12.1 Å². The molecule has 1 aromatic rings. The third kappa shape index (κ3) is 2.36. The molecule has 0 spiro atoms. The monoisotopic (exact) mass is 236 g/mol. The third-order valence-electron chi connectivity index (χ3n) is 2.18. The van der Waals surface area contributed by atoms with E-state index in [2.05, 4.69) is 5.32 Å². The summed E-state index contributed by atoms with van der Waals surface area (Å²) in [7, 11) is 0. The normalized spacial score (nSPS) is 19.9. The molecule has 0 saturated carbocycles. The first-order valence-corrected chi connectivity index (χ1v) is 5.86. The molecule has 0 aromatic heterocycles. The van der Waals surface area contributed by atoms with Crippen molar-refractivity contribution in [2.24, 2.45) is 0 Å². The molecule has 1 N–H and O–H groups in total. The van der Waals surface area contributed by atoms with Crippen molar-refractivity contribution in [1.29, 1.82) is 0 Å². The Balaban J connectivity index is 2.01. The second-order valence-corrected chi connectivity index (χ2v) is 4.99. The van der Waals surface area contributed by atoms with Gasteiger partial charge in [-0.05, 0) is 24.1 Å². The second-order valence-electron chi connectivity index (χ2n) is 3.60. The number of imide groups is 1. The first-order valence-electron chi connectivity index (χ1n) is 5.02. The Kier molecular flexibility index (Phi) is 3.14. The van der Waals surface area contributed by atoms with Crippen LogP contribution in [0.3, 0.4) is 0 Å². The molecule has 2 rings (SSSR count). The lowest BCUT2D eigenvalue weighted by molar-refractivity contribution is -0.123. The molecule has 1 aliphatic heterocycles. The van der Waals surface area contributed by atoms with Gasteiger partial charge < -0.3 is 5.32 Å². The fourth-order valence-corrected chi connectivity index (χ4v) is 2.37. The maximum atomic E-state index is 11.7. The zero-order chi connectivity index (χ0) is 11.5. The fraction of sp³-hybridized carbons (Fsp3) is 0.273. The van der Waals surface area contributed by atoms with E-state index in [-0.39, 0.29) is 17.2 Å². The number of para-hydroxylation sites is 1. The van der Waals surface area contributed by atoms with Gasteiger partial charge in [-0.1, -0.05) is 25.1 Å². The van der Waals surface area contributed by atoms with Gasteiger partial charge in [-0.25, -0.2) is 9.10 Å². The highest BCUT2D eigenvalue weighted by molar-refractivity contribution is 7.99. The lowest BCUT2D eigenvalue weighted by atomic mass is 10.3. The number of carbonyl (C=O) groups is 2. The minimum atomic E-state index is -0.370. The smallest absolute Gasteiger partial charge is 0.307 e. The van der Waals surface area contributed by atoms with Crippen molar-refractivity contribution in [2.75, 3.05) is 5.32 Å². The molecule has 0 bridgehead atoms. The predicted octanol–water partition coefficient (Wildman–Crippen LogP) is 2.49. The summed E-state index contributed by atoms with van der Waals surface area (Å²) in [6.07, 6.45) is 0.423. The Morgan fingerprint density at radius 1 is 1.44 bits per heavy atom. The number of carbonyl (C=O) groups excluding carboxylic acids is 2. The Morgan fingerprint density at radius 3 is 2.69 bits per heavy atom. The number of hydrogen-bond donors (Lipinski definition) is 1. The quantitative estimate of drug-likeness (QED) is 0.762. The highest BCUT2D eigenvalue weighted by atomic mass is 32.2. The molecule has 0 radical (unpaired) electrons. The van der Waals surface area contributed by atoms with Crippen molar-refractivity contribution >= 4 is 29.6 Å². The van der Waals surface area contributed by atoms with Crippen LogP contribution in [0.5, 0.6) is 0 Å². The molecule has 4 nitrogen and oxygen atoms in total. The third-order valence-corrected chi connectivity index (χ3v) is 3.29. The van der Waals surface area contributed by atoms with Gasteiger partial charge in [0, 0.05) is 17.4 Å². The number of benzene rings is 1. The molecule has 1 heterocycles. The summed E-state index contributed by atoms with van der Waals surface area (Å²) in [5.41, 5.74) is 0.695. The van der Waals surface area contributed by atoms with Crippen LogP contribution in [0.15, 0.2) is 30.3 Å². The van der Waals surface area contributed by atoms with E-state index in [1.807, 2.05) is 25.1 Å². The van der Waals surface area contributed by atoms with Crippen LogP contribution >= 0.6 is 11.9 Å². The summed E-state index contributed by atoms with van der Waals surface area (Å²) >= 11 is 1.27.